The second kappa shape index (κ2) is 6.22. The van der Waals surface area contributed by atoms with Gasteiger partial charge in [-0.15, -0.1) is 0 Å². The van der Waals surface area contributed by atoms with Crippen LogP contribution in [0, 0.1) is 0 Å². The molecule has 0 amide bonds. The van der Waals surface area contributed by atoms with Crippen LogP contribution in [0.2, 0.25) is 0 Å². The van der Waals surface area contributed by atoms with Gasteiger partial charge in [-0.25, -0.2) is 0 Å². The van der Waals surface area contributed by atoms with Crippen molar-refractivity contribution in [3.05, 3.63) is 47.8 Å². The quantitative estimate of drug-likeness (QED) is 0.907. The highest BCUT2D eigenvalue weighted by Gasteiger charge is 2.43. The van der Waals surface area contributed by atoms with Crippen LogP contribution in [-0.2, 0) is 7.05 Å². The third-order valence-electron chi connectivity index (χ3n) is 5.30. The van der Waals surface area contributed by atoms with E-state index in [9.17, 15) is 0 Å². The molecular formula is C19H26N4O. The Morgan fingerprint density at radius 1 is 1.42 bits per heavy atom. The summed E-state index contributed by atoms with van der Waals surface area (Å²) in [5.41, 5.74) is 2.31. The van der Waals surface area contributed by atoms with E-state index in [-0.39, 0.29) is 11.6 Å². The number of hydrogen-bond donors (Lipinski definition) is 2. The Hall–Kier alpha value is -1.85. The molecule has 2 aromatic rings. The van der Waals surface area contributed by atoms with Crippen LogP contribution in [-0.4, -0.2) is 28.5 Å². The van der Waals surface area contributed by atoms with E-state index in [4.69, 9.17) is 4.74 Å². The van der Waals surface area contributed by atoms with E-state index in [1.54, 1.807) is 0 Å². The van der Waals surface area contributed by atoms with Gasteiger partial charge in [0.15, 0.2) is 0 Å². The largest absolute Gasteiger partial charge is 0.485 e. The van der Waals surface area contributed by atoms with Gasteiger partial charge in [-0.05, 0) is 25.1 Å². The number of nitrogens with zero attached hydrogens (tertiary/aromatic N) is 2. The first-order valence-electron chi connectivity index (χ1n) is 8.93. The molecule has 24 heavy (non-hydrogen) atoms. The molecule has 3 unspecified atom stereocenters. The lowest BCUT2D eigenvalue weighted by molar-refractivity contribution is 0.0467. The number of ether oxygens (including phenoxy) is 1. The molecule has 3 atom stereocenters. The molecule has 4 rings (SSSR count). The maximum Gasteiger partial charge on any atom is 0.124 e. The van der Waals surface area contributed by atoms with Crippen LogP contribution >= 0.6 is 0 Å². The highest BCUT2D eigenvalue weighted by atomic mass is 16.5. The fourth-order valence-corrected chi connectivity index (χ4v) is 4.02. The van der Waals surface area contributed by atoms with Gasteiger partial charge in [-0.2, -0.15) is 5.10 Å². The van der Waals surface area contributed by atoms with E-state index in [0.29, 0.717) is 6.04 Å². The maximum absolute atomic E-state index is 6.41. The van der Waals surface area contributed by atoms with Gasteiger partial charge in [0.1, 0.15) is 11.4 Å². The molecule has 2 N–H and O–H groups in total. The summed E-state index contributed by atoms with van der Waals surface area (Å²) in [6.45, 7) is 4.18. The summed E-state index contributed by atoms with van der Waals surface area (Å²) in [6, 6.07) is 11.1. The van der Waals surface area contributed by atoms with E-state index in [0.717, 1.165) is 43.8 Å². The van der Waals surface area contributed by atoms with Crippen molar-refractivity contribution in [2.45, 2.75) is 43.9 Å². The number of benzene rings is 1. The normalized spacial score (nSPS) is 27.0. The number of rotatable bonds is 4. The third kappa shape index (κ3) is 2.82. The van der Waals surface area contributed by atoms with Crippen LogP contribution in [0.5, 0.6) is 5.75 Å². The van der Waals surface area contributed by atoms with Crippen LogP contribution < -0.4 is 15.4 Å². The minimum absolute atomic E-state index is 0.0750. The molecule has 1 fully saturated rings. The lowest BCUT2D eigenvalue weighted by Crippen LogP contribution is -2.46. The number of nitrogens with one attached hydrogen (secondary N) is 2. The maximum atomic E-state index is 6.41. The highest BCUT2D eigenvalue weighted by molar-refractivity contribution is 5.39. The van der Waals surface area contributed by atoms with Crippen LogP contribution in [0.1, 0.15) is 49.5 Å². The summed E-state index contributed by atoms with van der Waals surface area (Å²) in [5.74, 6) is 1.03. The topological polar surface area (TPSA) is 51.1 Å². The Morgan fingerprint density at radius 2 is 2.29 bits per heavy atom. The Bertz CT molecular complexity index is 705. The van der Waals surface area contributed by atoms with Gasteiger partial charge in [-0.3, -0.25) is 4.68 Å². The first kappa shape index (κ1) is 15.7. The molecule has 2 aliphatic rings. The molecular weight excluding hydrogens is 300 g/mol. The number of para-hydroxylation sites is 1. The standard InChI is InChI=1S/C19H26N4O/c1-3-15(16-8-11-23(2)22-16)21-17-12-19(9-10-20-13-19)24-18-7-5-4-6-14(17)18/h4-8,11,15,17,20-21H,3,9-10,12-13H2,1-2H3. The van der Waals surface area contributed by atoms with Crippen molar-refractivity contribution in [2.75, 3.05) is 13.1 Å². The van der Waals surface area contributed by atoms with Gasteiger partial charge in [0, 0.05) is 44.2 Å². The van der Waals surface area contributed by atoms with Gasteiger partial charge in [0.2, 0.25) is 0 Å². The minimum Gasteiger partial charge on any atom is -0.485 e. The second-order valence-corrected chi connectivity index (χ2v) is 7.05. The SMILES string of the molecule is CCC(NC1CC2(CCNC2)Oc2ccccc21)c1ccn(C)n1. The lowest BCUT2D eigenvalue weighted by atomic mass is 9.86. The summed E-state index contributed by atoms with van der Waals surface area (Å²) in [7, 11) is 1.97. The van der Waals surface area contributed by atoms with Crippen molar-refractivity contribution in [3.63, 3.8) is 0 Å². The molecule has 5 heteroatoms. The van der Waals surface area contributed by atoms with Gasteiger partial charge < -0.3 is 15.4 Å². The zero-order valence-corrected chi connectivity index (χ0v) is 14.5. The first-order valence-corrected chi connectivity index (χ1v) is 8.93. The highest BCUT2D eigenvalue weighted by Crippen LogP contribution is 2.43. The summed E-state index contributed by atoms with van der Waals surface area (Å²) < 4.78 is 8.29. The second-order valence-electron chi connectivity index (χ2n) is 7.05. The first-order chi connectivity index (χ1) is 11.7. The molecule has 1 aromatic carbocycles. The van der Waals surface area contributed by atoms with Crippen LogP contribution in [0.25, 0.3) is 0 Å². The molecule has 1 saturated heterocycles. The molecule has 1 spiro atoms. The molecule has 0 bridgehead atoms. The molecule has 5 nitrogen and oxygen atoms in total. The van der Waals surface area contributed by atoms with Crippen molar-refractivity contribution in [3.8, 4) is 5.75 Å². The van der Waals surface area contributed by atoms with Crippen molar-refractivity contribution in [1.82, 2.24) is 20.4 Å². The van der Waals surface area contributed by atoms with Gasteiger partial charge in [0.25, 0.3) is 0 Å². The zero-order valence-electron chi connectivity index (χ0n) is 14.5. The van der Waals surface area contributed by atoms with E-state index in [1.807, 2.05) is 17.9 Å². The summed E-state index contributed by atoms with van der Waals surface area (Å²) >= 11 is 0. The van der Waals surface area contributed by atoms with Gasteiger partial charge in [0.05, 0.1) is 11.7 Å². The fraction of sp³-hybridized carbons (Fsp3) is 0.526. The van der Waals surface area contributed by atoms with E-state index in [2.05, 4.69) is 53.0 Å². The van der Waals surface area contributed by atoms with Crippen molar-refractivity contribution >= 4 is 0 Å². The third-order valence-corrected chi connectivity index (χ3v) is 5.30. The van der Waals surface area contributed by atoms with E-state index in [1.165, 1.54) is 5.56 Å². The number of fused-ring (bicyclic) bond motifs is 1. The Labute approximate surface area is 143 Å². The molecule has 2 aliphatic heterocycles. The molecule has 3 heterocycles. The average molecular weight is 326 g/mol. The van der Waals surface area contributed by atoms with Crippen LogP contribution in [0.3, 0.4) is 0 Å². The average Bonchev–Trinajstić information content (AvgIpc) is 3.22. The van der Waals surface area contributed by atoms with Crippen molar-refractivity contribution in [1.29, 1.82) is 0 Å². The molecule has 0 radical (unpaired) electrons. The molecule has 128 valence electrons. The molecule has 1 aromatic heterocycles. The van der Waals surface area contributed by atoms with Crippen LogP contribution in [0.15, 0.2) is 36.5 Å². The monoisotopic (exact) mass is 326 g/mol. The zero-order chi connectivity index (χ0) is 16.6. The van der Waals surface area contributed by atoms with E-state index >= 15 is 0 Å². The minimum atomic E-state index is -0.0750. The summed E-state index contributed by atoms with van der Waals surface area (Å²) in [6.07, 6.45) is 5.10. The Morgan fingerprint density at radius 3 is 3.00 bits per heavy atom. The predicted molar refractivity (Wildman–Crippen MR) is 94.0 cm³/mol. The smallest absolute Gasteiger partial charge is 0.124 e. The van der Waals surface area contributed by atoms with Gasteiger partial charge in [-0.1, -0.05) is 25.1 Å². The lowest BCUT2D eigenvalue weighted by Gasteiger charge is -2.40. The molecule has 0 aliphatic carbocycles. The van der Waals surface area contributed by atoms with E-state index < -0.39 is 0 Å². The Kier molecular flexibility index (Phi) is 4.06. The number of aryl methyl sites for hydroxylation is 1. The fourth-order valence-electron chi connectivity index (χ4n) is 4.02. The van der Waals surface area contributed by atoms with Gasteiger partial charge >= 0.3 is 0 Å². The summed E-state index contributed by atoms with van der Waals surface area (Å²) in [5, 5.41) is 11.9. The van der Waals surface area contributed by atoms with Crippen molar-refractivity contribution < 1.29 is 4.74 Å². The van der Waals surface area contributed by atoms with Crippen LogP contribution in [0.4, 0.5) is 0 Å². The summed E-state index contributed by atoms with van der Waals surface area (Å²) in [4.78, 5) is 0. The number of aromatic nitrogens is 2. The molecule has 0 saturated carbocycles. The Balaban J connectivity index is 1.63. The number of hydrogen-bond acceptors (Lipinski definition) is 4. The van der Waals surface area contributed by atoms with Crippen molar-refractivity contribution in [2.24, 2.45) is 7.05 Å². The predicted octanol–water partition coefficient (Wildman–Crippen LogP) is 2.72.